The van der Waals surface area contributed by atoms with Crippen LogP contribution in [-0.2, 0) is 19.9 Å². The zero-order valence-corrected chi connectivity index (χ0v) is 18.7. The van der Waals surface area contributed by atoms with Crippen molar-refractivity contribution >= 4 is 11.8 Å². The highest BCUT2D eigenvalue weighted by atomic mass is 19.4. The maximum Gasteiger partial charge on any atom is 0.430 e. The Morgan fingerprint density at radius 3 is 2.24 bits per heavy atom. The van der Waals surface area contributed by atoms with E-state index in [4.69, 9.17) is 4.74 Å². The van der Waals surface area contributed by atoms with Crippen LogP contribution in [-0.4, -0.2) is 49.6 Å². The summed E-state index contributed by atoms with van der Waals surface area (Å²) in [4.78, 5) is 26.9. The van der Waals surface area contributed by atoms with Gasteiger partial charge in [0.2, 0.25) is 5.91 Å². The first-order valence-electron chi connectivity index (χ1n) is 11.1. The molecule has 2 fully saturated rings. The van der Waals surface area contributed by atoms with Crippen molar-refractivity contribution in [3.63, 3.8) is 0 Å². The van der Waals surface area contributed by atoms with Gasteiger partial charge in [-0.15, -0.1) is 0 Å². The lowest BCUT2D eigenvalue weighted by Gasteiger charge is -2.50. The number of piperidine rings is 2. The average Bonchev–Trinajstić information content (AvgIpc) is 2.81. The quantitative estimate of drug-likeness (QED) is 0.672. The van der Waals surface area contributed by atoms with Crippen molar-refractivity contribution in [1.29, 1.82) is 0 Å². The molecule has 9 heteroatoms. The molecule has 0 aliphatic carbocycles. The Morgan fingerprint density at radius 1 is 1.06 bits per heavy atom. The number of alkyl halides is 3. The van der Waals surface area contributed by atoms with Crippen LogP contribution in [0.15, 0.2) is 54.6 Å². The maximum atomic E-state index is 14.3. The number of hydrogen-bond acceptors (Lipinski definition) is 3. The smallest absolute Gasteiger partial charge is 0.356 e. The summed E-state index contributed by atoms with van der Waals surface area (Å²) in [6.07, 6.45) is -4.08. The molecule has 0 aromatic heterocycles. The number of halogens is 4. The zero-order chi connectivity index (χ0) is 24.6. The number of nitrogens with one attached hydrogen (secondary N) is 1. The van der Waals surface area contributed by atoms with Crippen LogP contribution < -0.4 is 5.32 Å². The second-order valence-electron chi connectivity index (χ2n) is 8.99. The van der Waals surface area contributed by atoms with Gasteiger partial charge in [-0.25, -0.2) is 4.39 Å². The number of rotatable bonds is 4. The van der Waals surface area contributed by atoms with Gasteiger partial charge < -0.3 is 15.0 Å². The summed E-state index contributed by atoms with van der Waals surface area (Å²) in [6, 6.07) is 13.0. The van der Waals surface area contributed by atoms with Crippen LogP contribution in [0.5, 0.6) is 0 Å². The number of likely N-dealkylation sites (tertiary alicyclic amines) is 1. The highest BCUT2D eigenvalue weighted by Gasteiger charge is 2.64. The first-order valence-corrected chi connectivity index (χ1v) is 11.1. The molecule has 2 aliphatic heterocycles. The van der Waals surface area contributed by atoms with Gasteiger partial charge in [0.1, 0.15) is 5.82 Å². The molecule has 5 nitrogen and oxygen atoms in total. The molecule has 0 unspecified atom stereocenters. The molecule has 1 N–H and O–H groups in total. The zero-order valence-electron chi connectivity index (χ0n) is 18.7. The van der Waals surface area contributed by atoms with Gasteiger partial charge in [-0.2, -0.15) is 13.2 Å². The number of benzene rings is 2. The summed E-state index contributed by atoms with van der Waals surface area (Å²) in [7, 11) is 0.889. The molecule has 2 atom stereocenters. The molecule has 2 saturated heterocycles. The van der Waals surface area contributed by atoms with Crippen molar-refractivity contribution in [2.24, 2.45) is 5.41 Å². The average molecular weight is 478 g/mol. The number of nitrogens with zero attached hydrogens (tertiary/aromatic N) is 1. The normalized spacial score (nSPS) is 22.2. The summed E-state index contributed by atoms with van der Waals surface area (Å²) in [5.74, 6) is -1.81. The van der Waals surface area contributed by atoms with Crippen LogP contribution in [0, 0.1) is 11.2 Å². The molecule has 2 aliphatic rings. The first-order chi connectivity index (χ1) is 16.1. The minimum Gasteiger partial charge on any atom is -0.356 e. The highest BCUT2D eigenvalue weighted by Crippen LogP contribution is 2.50. The van der Waals surface area contributed by atoms with Crippen molar-refractivity contribution in [3.8, 4) is 0 Å². The molecule has 4 rings (SSSR count). The molecule has 2 aromatic carbocycles. The third-order valence-electron chi connectivity index (χ3n) is 7.26. The molecule has 0 bridgehead atoms. The van der Waals surface area contributed by atoms with Crippen molar-refractivity contribution in [2.45, 2.75) is 37.0 Å². The third kappa shape index (κ3) is 4.06. The Hall–Kier alpha value is -2.94. The van der Waals surface area contributed by atoms with E-state index >= 15 is 0 Å². The summed E-state index contributed by atoms with van der Waals surface area (Å²) >= 11 is 0. The minimum absolute atomic E-state index is 0.0534. The molecule has 182 valence electrons. The summed E-state index contributed by atoms with van der Waals surface area (Å²) in [5.41, 5.74) is -3.07. The van der Waals surface area contributed by atoms with Gasteiger partial charge in [0.05, 0.1) is 0 Å². The fraction of sp³-hybridized carbons (Fsp3) is 0.440. The van der Waals surface area contributed by atoms with Crippen LogP contribution in [0.25, 0.3) is 0 Å². The Labute approximate surface area is 195 Å². The molecule has 1 spiro atoms. The van der Waals surface area contributed by atoms with Crippen LogP contribution in [0.1, 0.15) is 36.3 Å². The predicted molar refractivity (Wildman–Crippen MR) is 116 cm³/mol. The lowest BCUT2D eigenvalue weighted by atomic mass is 9.62. The topological polar surface area (TPSA) is 58.6 Å². The molecule has 2 heterocycles. The first kappa shape index (κ1) is 24.2. The van der Waals surface area contributed by atoms with Gasteiger partial charge in [0.15, 0.2) is 0 Å². The number of ether oxygens (including phenoxy) is 1. The summed E-state index contributed by atoms with van der Waals surface area (Å²) < 4.78 is 61.4. The second-order valence-corrected chi connectivity index (χ2v) is 8.99. The maximum absolute atomic E-state index is 14.3. The fourth-order valence-electron chi connectivity index (χ4n) is 5.41. The third-order valence-corrected chi connectivity index (χ3v) is 7.26. The van der Waals surface area contributed by atoms with Crippen LogP contribution in [0.4, 0.5) is 17.6 Å². The minimum atomic E-state index is -4.98. The van der Waals surface area contributed by atoms with E-state index in [-0.39, 0.29) is 42.7 Å². The van der Waals surface area contributed by atoms with E-state index in [0.717, 1.165) is 12.7 Å². The monoisotopic (exact) mass is 478 g/mol. The molecule has 34 heavy (non-hydrogen) atoms. The van der Waals surface area contributed by atoms with E-state index in [1.165, 1.54) is 41.3 Å². The standard InChI is InChI=1S/C25H26F4N2O3/c1-34-24(25(27,28)29,18-5-3-2-4-6-18)22(33)31-13-11-23(12-14-31)15-21(32)30-16-20(23)17-7-9-19(26)10-8-17/h2-10,20H,11-16H2,1H3,(H,30,32)/t20-,24-/m0/s1. The summed E-state index contributed by atoms with van der Waals surface area (Å²) in [5, 5.41) is 2.84. The molecule has 0 saturated carbocycles. The lowest BCUT2D eigenvalue weighted by molar-refractivity contribution is -0.271. The Bertz CT molecular complexity index is 1030. The van der Waals surface area contributed by atoms with Gasteiger partial charge in [0, 0.05) is 44.6 Å². The van der Waals surface area contributed by atoms with Crippen molar-refractivity contribution < 1.29 is 31.9 Å². The van der Waals surface area contributed by atoms with E-state index in [2.05, 4.69) is 5.32 Å². The van der Waals surface area contributed by atoms with Gasteiger partial charge in [-0.3, -0.25) is 9.59 Å². The van der Waals surface area contributed by atoms with Gasteiger partial charge in [0.25, 0.3) is 11.5 Å². The molecular formula is C25H26F4N2O3. The number of carbonyl (C=O) groups is 2. The van der Waals surface area contributed by atoms with Gasteiger partial charge in [-0.05, 0) is 36.0 Å². The van der Waals surface area contributed by atoms with E-state index < -0.39 is 23.1 Å². The number of carbonyl (C=O) groups excluding carboxylic acids is 2. The fourth-order valence-corrected chi connectivity index (χ4v) is 5.41. The van der Waals surface area contributed by atoms with Gasteiger partial charge >= 0.3 is 6.18 Å². The van der Waals surface area contributed by atoms with E-state index in [9.17, 15) is 27.2 Å². The number of amides is 2. The second kappa shape index (κ2) is 9.02. The van der Waals surface area contributed by atoms with Gasteiger partial charge in [-0.1, -0.05) is 42.5 Å². The van der Waals surface area contributed by atoms with E-state index in [1.807, 2.05) is 0 Å². The van der Waals surface area contributed by atoms with Crippen LogP contribution >= 0.6 is 0 Å². The Balaban J connectivity index is 1.61. The Kier molecular flexibility index (Phi) is 6.42. The van der Waals surface area contributed by atoms with Crippen molar-refractivity contribution in [2.75, 3.05) is 26.7 Å². The lowest BCUT2D eigenvalue weighted by Crippen LogP contribution is -2.60. The van der Waals surface area contributed by atoms with Crippen molar-refractivity contribution in [1.82, 2.24) is 10.2 Å². The molecule has 2 aromatic rings. The summed E-state index contributed by atoms with van der Waals surface area (Å²) in [6.45, 7) is 0.461. The largest absolute Gasteiger partial charge is 0.430 e. The van der Waals surface area contributed by atoms with Crippen LogP contribution in [0.3, 0.4) is 0 Å². The number of methoxy groups -OCH3 is 1. The van der Waals surface area contributed by atoms with E-state index in [0.29, 0.717) is 19.4 Å². The molecule has 0 radical (unpaired) electrons. The molecule has 2 amide bonds. The SMILES string of the molecule is CO[C@](C(=O)N1CCC2(CC1)CC(=O)NC[C@H]2c1ccc(F)cc1)(c1ccccc1)C(F)(F)F. The highest BCUT2D eigenvalue weighted by molar-refractivity contribution is 5.88. The molecular weight excluding hydrogens is 452 g/mol. The van der Waals surface area contributed by atoms with Crippen LogP contribution in [0.2, 0.25) is 0 Å². The predicted octanol–water partition coefficient (Wildman–Crippen LogP) is 4.14. The van der Waals surface area contributed by atoms with E-state index in [1.54, 1.807) is 18.2 Å². The Morgan fingerprint density at radius 2 is 1.68 bits per heavy atom. The van der Waals surface area contributed by atoms with Crippen molar-refractivity contribution in [3.05, 3.63) is 71.5 Å². The number of hydrogen-bond donors (Lipinski definition) is 1.